The van der Waals surface area contributed by atoms with Crippen LogP contribution >= 0.6 is 0 Å². The van der Waals surface area contributed by atoms with Crippen LogP contribution in [0.15, 0.2) is 16.9 Å². The van der Waals surface area contributed by atoms with Crippen molar-refractivity contribution in [2.24, 2.45) is 7.05 Å². The fourth-order valence-corrected chi connectivity index (χ4v) is 2.30. The van der Waals surface area contributed by atoms with Crippen molar-refractivity contribution in [2.75, 3.05) is 0 Å². The Morgan fingerprint density at radius 1 is 1.32 bits per heavy atom. The van der Waals surface area contributed by atoms with Crippen molar-refractivity contribution >= 4 is 27.8 Å². The first-order chi connectivity index (χ1) is 9.50. The molecule has 0 saturated heterocycles. The van der Waals surface area contributed by atoms with E-state index < -0.39 is 0 Å². The Kier molecular flexibility index (Phi) is 9.29. The molecule has 0 spiro atoms. The van der Waals surface area contributed by atoms with E-state index in [2.05, 4.69) is 23.8 Å². The first kappa shape index (κ1) is 22.5. The number of hydrogen-bond acceptors (Lipinski definition) is 2. The summed E-state index contributed by atoms with van der Waals surface area (Å²) in [5.74, 6) is 0.147. The summed E-state index contributed by atoms with van der Waals surface area (Å²) in [6.07, 6.45) is 0. The first-order valence-electron chi connectivity index (χ1n) is 6.27. The number of aromatic nitrogens is 3. The van der Waals surface area contributed by atoms with Crippen LogP contribution < -0.4 is 63.7 Å². The average molecular weight is 444 g/mol. The largest absolute Gasteiger partial charge is 1.00 e. The molecule has 3 aromatic rings. The first-order valence-corrected chi connectivity index (χ1v) is 6.27. The number of imidazole rings is 1. The monoisotopic (exact) mass is 443 g/mol. The van der Waals surface area contributed by atoms with Gasteiger partial charge >= 0.3 is 58.2 Å². The van der Waals surface area contributed by atoms with Gasteiger partial charge in [-0.2, -0.15) is 12.5 Å². The third-order valence-corrected chi connectivity index (χ3v) is 3.38. The summed E-state index contributed by atoms with van der Waals surface area (Å²) in [5, 5.41) is 1.44. The van der Waals surface area contributed by atoms with Crippen molar-refractivity contribution in [1.29, 1.82) is 0 Å². The van der Waals surface area contributed by atoms with Gasteiger partial charge in [-0.15, -0.1) is 12.6 Å². The normalized spacial score (nSPS) is 9.64. The molecule has 0 aliphatic rings. The van der Waals surface area contributed by atoms with Gasteiger partial charge in [0.2, 0.25) is 0 Å². The molecule has 2 aromatic heterocycles. The molecular weight excluding hydrogens is 427 g/mol. The second-order valence-corrected chi connectivity index (χ2v) is 4.41. The van der Waals surface area contributed by atoms with Gasteiger partial charge in [-0.05, 0) is 7.05 Å². The van der Waals surface area contributed by atoms with E-state index in [4.69, 9.17) is 5.73 Å². The van der Waals surface area contributed by atoms with Crippen LogP contribution in [0, 0.1) is 20.8 Å². The van der Waals surface area contributed by atoms with Crippen LogP contribution in [0.2, 0.25) is 0 Å². The van der Waals surface area contributed by atoms with E-state index in [9.17, 15) is 4.79 Å². The number of rotatable bonds is 0. The maximum absolute atomic E-state index is 12.1. The Morgan fingerprint density at radius 3 is 2.50 bits per heavy atom. The number of H-pyrrole nitrogens is 1. The predicted octanol–water partition coefficient (Wildman–Crippen LogP) is 0.431. The second-order valence-electron chi connectivity index (χ2n) is 4.41. The Balaban J connectivity index is 0.00000106. The molecule has 2 N–H and O–H groups in total. The van der Waals surface area contributed by atoms with E-state index in [0.717, 1.165) is 10.9 Å². The summed E-state index contributed by atoms with van der Waals surface area (Å²) in [5.41, 5.74) is 10.5. The quantitative estimate of drug-likeness (QED) is 0.512. The van der Waals surface area contributed by atoms with Gasteiger partial charge in [0, 0.05) is 55.1 Å². The van der Waals surface area contributed by atoms with Gasteiger partial charge in [0.1, 0.15) is 0 Å². The van der Waals surface area contributed by atoms with Crippen LogP contribution in [-0.4, -0.2) is 14.5 Å². The molecular formula is C15H17N4ORbY-2. The van der Waals surface area contributed by atoms with Crippen molar-refractivity contribution in [3.05, 3.63) is 53.3 Å². The Morgan fingerprint density at radius 2 is 1.91 bits per heavy atom. The predicted molar refractivity (Wildman–Crippen MR) is 83.0 cm³/mol. The van der Waals surface area contributed by atoms with Crippen molar-refractivity contribution in [1.82, 2.24) is 14.5 Å². The number of nitrogens with zero attached hydrogens (tertiary/aromatic N) is 2. The summed E-state index contributed by atoms with van der Waals surface area (Å²) in [4.78, 5) is 19.0. The zero-order valence-corrected chi connectivity index (χ0v) is 21.2. The summed E-state index contributed by atoms with van der Waals surface area (Å²) in [6.45, 7) is 10.7. The van der Waals surface area contributed by atoms with Crippen molar-refractivity contribution < 1.29 is 90.9 Å². The molecule has 0 atom stereocenters. The molecule has 109 valence electrons. The number of aromatic amines is 1. The molecule has 5 nitrogen and oxygen atoms in total. The van der Waals surface area contributed by atoms with Crippen molar-refractivity contribution in [3.63, 3.8) is 0 Å². The van der Waals surface area contributed by atoms with E-state index >= 15 is 0 Å². The van der Waals surface area contributed by atoms with Crippen molar-refractivity contribution in [2.45, 2.75) is 13.8 Å². The summed E-state index contributed by atoms with van der Waals surface area (Å²) >= 11 is 0. The second kappa shape index (κ2) is 9.09. The smallest absolute Gasteiger partial charge is 0.411 e. The molecule has 2 heterocycles. The Labute approximate surface area is 204 Å². The van der Waals surface area contributed by atoms with Crippen LogP contribution in [0.4, 0.5) is 5.95 Å². The third kappa shape index (κ3) is 3.76. The molecule has 1 radical (unpaired) electrons. The molecule has 0 amide bonds. The number of benzene rings is 1. The number of nitrogens with one attached hydrogen (secondary N) is 2. The molecule has 0 bridgehead atoms. The molecule has 0 unspecified atom stereocenters. The number of aryl methyl sites for hydroxylation is 2. The minimum absolute atomic E-state index is 0. The van der Waals surface area contributed by atoms with E-state index in [1.54, 1.807) is 18.5 Å². The number of pyridine rings is 1. The fourth-order valence-electron chi connectivity index (χ4n) is 2.30. The van der Waals surface area contributed by atoms with Gasteiger partial charge < -0.3 is 27.2 Å². The van der Waals surface area contributed by atoms with E-state index in [-0.39, 0.29) is 102 Å². The van der Waals surface area contributed by atoms with Crippen LogP contribution in [0.3, 0.4) is 0 Å². The molecule has 0 aliphatic carbocycles. The van der Waals surface area contributed by atoms with Gasteiger partial charge in [0.25, 0.3) is 5.56 Å². The van der Waals surface area contributed by atoms with Gasteiger partial charge in [0.05, 0.1) is 0 Å². The van der Waals surface area contributed by atoms with Crippen LogP contribution in [0.1, 0.15) is 18.2 Å². The van der Waals surface area contributed by atoms with Gasteiger partial charge in [0.15, 0.2) is 0 Å². The zero-order valence-electron chi connectivity index (χ0n) is 13.4. The molecule has 0 saturated carbocycles. The standard InChI is InChI=1S/C13H13N4O.C2H5.Rb.Y/c1-6-7(2)15-12(18)10-8(6)4-5-9-11(10)17(3)13(14)16-9;1-2;;/h4-5H,2H2,1,3H3,(H3,14,15,16,18);1H2,2H3;;/q2*-1;+1;/p-1. The zero-order chi connectivity index (χ0) is 15.0. The van der Waals surface area contributed by atoms with E-state index in [0.29, 0.717) is 22.1 Å². The molecule has 22 heavy (non-hydrogen) atoms. The third-order valence-electron chi connectivity index (χ3n) is 3.38. The Bertz CT molecular complexity index is 854. The van der Waals surface area contributed by atoms with Gasteiger partial charge in [-0.1, -0.05) is 17.5 Å². The topological polar surface area (TPSA) is 74.5 Å². The number of fused-ring (bicyclic) bond motifs is 3. The van der Waals surface area contributed by atoms with Gasteiger partial charge in [-0.25, -0.2) is 6.92 Å². The summed E-state index contributed by atoms with van der Waals surface area (Å²) in [7, 11) is 1.74. The van der Waals surface area contributed by atoms with E-state index in [1.807, 2.05) is 19.1 Å². The molecule has 0 aliphatic heterocycles. The molecule has 3 rings (SSSR count). The summed E-state index contributed by atoms with van der Waals surface area (Å²) in [6, 6.07) is 3.70. The molecule has 7 heteroatoms. The summed E-state index contributed by atoms with van der Waals surface area (Å²) < 4.78 is 1.62. The SMILES string of the molecule is [CH2-]C.[CH2-]c1[nH]c(=O)c2c(ccc3nc([NH-])n(C)c32)c1C.[Rb+].[Y]. The minimum Gasteiger partial charge on any atom is -0.411 e. The van der Waals surface area contributed by atoms with Crippen LogP contribution in [0.25, 0.3) is 27.5 Å². The average Bonchev–Trinajstić information content (AvgIpc) is 2.73. The maximum atomic E-state index is 12.1. The van der Waals surface area contributed by atoms with Crippen molar-refractivity contribution in [3.8, 4) is 0 Å². The van der Waals surface area contributed by atoms with Gasteiger partial charge in [-0.3, -0.25) is 4.79 Å². The maximum Gasteiger partial charge on any atom is 1.00 e. The number of hydrogen-bond donors (Lipinski definition) is 1. The van der Waals surface area contributed by atoms with E-state index in [1.165, 1.54) is 0 Å². The van der Waals surface area contributed by atoms with Crippen LogP contribution in [-0.2, 0) is 39.8 Å². The van der Waals surface area contributed by atoms with Crippen LogP contribution in [0.5, 0.6) is 0 Å². The molecule has 0 fully saturated rings. The fraction of sp³-hybridized carbons (Fsp3) is 0.200. The Hall–Kier alpha value is 0.479. The minimum atomic E-state index is -0.186. The molecule has 1 aromatic carbocycles.